The summed E-state index contributed by atoms with van der Waals surface area (Å²) in [5.41, 5.74) is 7.91. The summed E-state index contributed by atoms with van der Waals surface area (Å²) in [5, 5.41) is 0. The molecule has 0 heterocycles. The van der Waals surface area contributed by atoms with Gasteiger partial charge in [0.25, 0.3) is 0 Å². The van der Waals surface area contributed by atoms with Crippen LogP contribution in [0.15, 0.2) is 24.3 Å². The fourth-order valence-electron chi connectivity index (χ4n) is 0.985. The highest BCUT2D eigenvalue weighted by Gasteiger charge is 1.98. The molecule has 0 aliphatic rings. The minimum Gasteiger partial charge on any atom is -0.326 e. The lowest BCUT2D eigenvalue weighted by Crippen LogP contribution is -2.06. The Morgan fingerprint density at radius 3 is 2.83 bits per heavy atom. The first-order valence-corrected chi connectivity index (χ1v) is 5.03. The van der Waals surface area contributed by atoms with Crippen LogP contribution in [0.2, 0.25) is 0 Å². The van der Waals surface area contributed by atoms with Gasteiger partial charge in [0.15, 0.2) is 0 Å². The predicted molar refractivity (Wildman–Crippen MR) is 56.3 cm³/mol. The highest BCUT2D eigenvalue weighted by atomic mass is 32.2. The third kappa shape index (κ3) is 2.16. The molecule has 0 saturated heterocycles. The smallest absolute Gasteiger partial charge is 0.0469 e. The van der Waals surface area contributed by atoms with Gasteiger partial charge in [-0.05, 0) is 17.7 Å². The van der Waals surface area contributed by atoms with Crippen LogP contribution < -0.4 is 10.0 Å². The molecule has 1 rings (SSSR count). The zero-order valence-electron chi connectivity index (χ0n) is 7.45. The number of hydrogen-bond acceptors (Lipinski definition) is 3. The van der Waals surface area contributed by atoms with Crippen LogP contribution >= 0.6 is 11.9 Å². The molecule has 0 saturated carbocycles. The van der Waals surface area contributed by atoms with Crippen molar-refractivity contribution in [3.8, 4) is 0 Å². The normalized spacial score (nSPS) is 9.92. The van der Waals surface area contributed by atoms with Gasteiger partial charge in [0.05, 0.1) is 0 Å². The van der Waals surface area contributed by atoms with Crippen LogP contribution in [0.3, 0.4) is 0 Å². The number of anilines is 1. The van der Waals surface area contributed by atoms with Gasteiger partial charge in [-0.25, -0.2) is 0 Å². The largest absolute Gasteiger partial charge is 0.326 e. The van der Waals surface area contributed by atoms with E-state index in [1.807, 2.05) is 19.2 Å². The topological polar surface area (TPSA) is 29.3 Å². The summed E-state index contributed by atoms with van der Waals surface area (Å²) in [6.45, 7) is 0.607. The summed E-state index contributed by atoms with van der Waals surface area (Å²) in [7, 11) is 2.04. The second-order valence-corrected chi connectivity index (χ2v) is 3.47. The Hall–Kier alpha value is -0.670. The van der Waals surface area contributed by atoms with Gasteiger partial charge in [-0.15, -0.1) is 0 Å². The molecule has 1 aromatic carbocycles. The lowest BCUT2D eigenvalue weighted by molar-refractivity contribution is 1.07. The van der Waals surface area contributed by atoms with E-state index in [0.29, 0.717) is 6.54 Å². The molecule has 0 aromatic heterocycles. The molecule has 0 fully saturated rings. The maximum absolute atomic E-state index is 5.53. The molecule has 1 aromatic rings. The van der Waals surface area contributed by atoms with Gasteiger partial charge < -0.3 is 10.0 Å². The van der Waals surface area contributed by atoms with Crippen molar-refractivity contribution < 1.29 is 0 Å². The molecule has 0 atom stereocenters. The first-order chi connectivity index (χ1) is 5.77. The van der Waals surface area contributed by atoms with Crippen molar-refractivity contribution in [1.29, 1.82) is 0 Å². The number of rotatable bonds is 3. The van der Waals surface area contributed by atoms with Crippen molar-refractivity contribution in [2.24, 2.45) is 5.73 Å². The molecule has 0 unspecified atom stereocenters. The SMILES string of the molecule is CSN(C)c1cccc(CN)c1. The Morgan fingerprint density at radius 2 is 2.25 bits per heavy atom. The molecule has 12 heavy (non-hydrogen) atoms. The average Bonchev–Trinajstić information content (AvgIpc) is 2.17. The van der Waals surface area contributed by atoms with Crippen LogP contribution in [0.4, 0.5) is 5.69 Å². The van der Waals surface area contributed by atoms with E-state index < -0.39 is 0 Å². The van der Waals surface area contributed by atoms with Crippen LogP contribution in [0.1, 0.15) is 5.56 Å². The predicted octanol–water partition coefficient (Wildman–Crippen LogP) is 1.86. The zero-order valence-corrected chi connectivity index (χ0v) is 8.27. The summed E-state index contributed by atoms with van der Waals surface area (Å²) >= 11 is 1.69. The van der Waals surface area contributed by atoms with Crippen molar-refractivity contribution in [2.45, 2.75) is 6.54 Å². The van der Waals surface area contributed by atoms with Gasteiger partial charge in [-0.3, -0.25) is 0 Å². The highest BCUT2D eigenvalue weighted by molar-refractivity contribution is 7.99. The molecular weight excluding hydrogens is 168 g/mol. The molecule has 66 valence electrons. The van der Waals surface area contributed by atoms with E-state index in [1.54, 1.807) is 11.9 Å². The van der Waals surface area contributed by atoms with Crippen molar-refractivity contribution >= 4 is 17.6 Å². The molecule has 3 heteroatoms. The first kappa shape index (κ1) is 9.42. The maximum Gasteiger partial charge on any atom is 0.0469 e. The Bertz CT molecular complexity index is 250. The van der Waals surface area contributed by atoms with Crippen molar-refractivity contribution in [3.05, 3.63) is 29.8 Å². The molecule has 0 radical (unpaired) electrons. The van der Waals surface area contributed by atoms with Gasteiger partial charge in [0.2, 0.25) is 0 Å². The van der Waals surface area contributed by atoms with Crippen molar-refractivity contribution in [3.63, 3.8) is 0 Å². The molecule has 0 bridgehead atoms. The van der Waals surface area contributed by atoms with Gasteiger partial charge in [0.1, 0.15) is 0 Å². The second kappa shape index (κ2) is 4.38. The quantitative estimate of drug-likeness (QED) is 0.723. The summed E-state index contributed by atoms with van der Waals surface area (Å²) in [6.07, 6.45) is 2.05. The first-order valence-electron chi connectivity index (χ1n) is 3.84. The molecule has 0 amide bonds. The van der Waals surface area contributed by atoms with E-state index in [-0.39, 0.29) is 0 Å². The van der Waals surface area contributed by atoms with Crippen molar-refractivity contribution in [2.75, 3.05) is 17.6 Å². The fourth-order valence-corrected chi connectivity index (χ4v) is 1.31. The minimum atomic E-state index is 0.607. The minimum absolute atomic E-state index is 0.607. The lowest BCUT2D eigenvalue weighted by atomic mass is 10.2. The highest BCUT2D eigenvalue weighted by Crippen LogP contribution is 2.19. The lowest BCUT2D eigenvalue weighted by Gasteiger charge is -2.15. The van der Waals surface area contributed by atoms with E-state index in [4.69, 9.17) is 5.73 Å². The molecular formula is C9H14N2S. The molecule has 2 N–H and O–H groups in total. The van der Waals surface area contributed by atoms with E-state index in [9.17, 15) is 0 Å². The summed E-state index contributed by atoms with van der Waals surface area (Å²) in [5.74, 6) is 0. The van der Waals surface area contributed by atoms with E-state index in [1.165, 1.54) is 11.3 Å². The van der Waals surface area contributed by atoms with Crippen LogP contribution in [-0.4, -0.2) is 13.3 Å². The van der Waals surface area contributed by atoms with Crippen LogP contribution in [0, 0.1) is 0 Å². The molecule has 0 spiro atoms. The molecule has 2 nitrogen and oxygen atoms in total. The number of nitrogens with two attached hydrogens (primary N) is 1. The van der Waals surface area contributed by atoms with E-state index >= 15 is 0 Å². The average molecular weight is 182 g/mol. The standard InChI is InChI=1S/C9H14N2S/c1-11(12-2)9-5-3-4-8(6-9)7-10/h3-6H,7,10H2,1-2H3. The molecule has 0 aliphatic carbocycles. The third-order valence-corrected chi connectivity index (χ3v) is 2.54. The maximum atomic E-state index is 5.53. The van der Waals surface area contributed by atoms with Crippen LogP contribution in [-0.2, 0) is 6.54 Å². The second-order valence-electron chi connectivity index (χ2n) is 2.55. The summed E-state index contributed by atoms with van der Waals surface area (Å²) in [6, 6.07) is 8.26. The Kier molecular flexibility index (Phi) is 3.44. The Labute approximate surface area is 77.9 Å². The Balaban J connectivity index is 2.86. The van der Waals surface area contributed by atoms with Crippen LogP contribution in [0.5, 0.6) is 0 Å². The summed E-state index contributed by atoms with van der Waals surface area (Å²) in [4.78, 5) is 0. The van der Waals surface area contributed by atoms with Gasteiger partial charge in [0, 0.05) is 25.5 Å². The van der Waals surface area contributed by atoms with Gasteiger partial charge in [-0.1, -0.05) is 24.1 Å². The summed E-state index contributed by atoms with van der Waals surface area (Å²) < 4.78 is 2.11. The monoisotopic (exact) mass is 182 g/mol. The third-order valence-electron chi connectivity index (χ3n) is 1.78. The number of hydrogen-bond donors (Lipinski definition) is 1. The number of benzene rings is 1. The van der Waals surface area contributed by atoms with Crippen LogP contribution in [0.25, 0.3) is 0 Å². The van der Waals surface area contributed by atoms with Crippen molar-refractivity contribution in [1.82, 2.24) is 0 Å². The zero-order chi connectivity index (χ0) is 8.97. The number of nitrogens with zero attached hydrogens (tertiary/aromatic N) is 1. The van der Waals surface area contributed by atoms with E-state index in [0.717, 1.165) is 0 Å². The van der Waals surface area contributed by atoms with E-state index in [2.05, 4.69) is 22.7 Å². The van der Waals surface area contributed by atoms with Gasteiger partial charge in [-0.2, -0.15) is 0 Å². The fraction of sp³-hybridized carbons (Fsp3) is 0.333. The van der Waals surface area contributed by atoms with Gasteiger partial charge >= 0.3 is 0 Å². The molecule has 0 aliphatic heterocycles. The Morgan fingerprint density at radius 1 is 1.50 bits per heavy atom.